The summed E-state index contributed by atoms with van der Waals surface area (Å²) < 4.78 is 5.62. The van der Waals surface area contributed by atoms with Crippen LogP contribution in [-0.2, 0) is 4.74 Å². The number of benzene rings is 1. The Labute approximate surface area is 98.8 Å². The zero-order chi connectivity index (χ0) is 11.7. The van der Waals surface area contributed by atoms with E-state index in [0.29, 0.717) is 18.1 Å². The quantitative estimate of drug-likeness (QED) is 0.696. The molecule has 0 N–H and O–H groups in total. The molecule has 1 aliphatic rings. The van der Waals surface area contributed by atoms with Crippen LogP contribution in [0.4, 0.5) is 0 Å². The van der Waals surface area contributed by atoms with Crippen molar-refractivity contribution in [3.8, 4) is 0 Å². The Morgan fingerprint density at radius 1 is 1.12 bits per heavy atom. The van der Waals surface area contributed by atoms with Gasteiger partial charge in [-0.1, -0.05) is 43.2 Å². The topological polar surface area (TPSA) is 12.5 Å². The molecule has 1 saturated heterocycles. The van der Waals surface area contributed by atoms with Crippen molar-refractivity contribution in [3.05, 3.63) is 34.9 Å². The maximum absolute atomic E-state index is 5.62. The van der Waals surface area contributed by atoms with Gasteiger partial charge in [0.05, 0.1) is 12.2 Å². The molecule has 1 fully saturated rings. The van der Waals surface area contributed by atoms with Crippen LogP contribution >= 0.6 is 0 Å². The Hall–Kier alpha value is -0.820. The molecule has 0 radical (unpaired) electrons. The molecule has 0 saturated carbocycles. The fourth-order valence-corrected chi connectivity index (χ4v) is 2.52. The van der Waals surface area contributed by atoms with Gasteiger partial charge in [0.25, 0.3) is 0 Å². The number of aryl methyl sites for hydroxylation is 2. The molecule has 1 nitrogen and oxygen atoms in total. The number of hydrogen-bond acceptors (Lipinski definition) is 1. The molecule has 0 aliphatic carbocycles. The van der Waals surface area contributed by atoms with E-state index in [-0.39, 0.29) is 0 Å². The van der Waals surface area contributed by atoms with Crippen molar-refractivity contribution < 1.29 is 4.74 Å². The van der Waals surface area contributed by atoms with Crippen LogP contribution in [0.3, 0.4) is 0 Å². The lowest BCUT2D eigenvalue weighted by atomic mass is 9.92. The maximum atomic E-state index is 5.62. The number of epoxide rings is 1. The minimum absolute atomic E-state index is 0.515. The van der Waals surface area contributed by atoms with Gasteiger partial charge in [-0.2, -0.15) is 0 Å². The number of rotatable bonds is 4. The minimum atomic E-state index is 0.515. The highest BCUT2D eigenvalue weighted by atomic mass is 16.6. The third kappa shape index (κ3) is 2.65. The fourth-order valence-electron chi connectivity index (χ4n) is 2.52. The van der Waals surface area contributed by atoms with Crippen LogP contribution in [0.5, 0.6) is 0 Å². The van der Waals surface area contributed by atoms with Crippen LogP contribution in [0.25, 0.3) is 0 Å². The molecule has 1 heterocycles. The summed E-state index contributed by atoms with van der Waals surface area (Å²) >= 11 is 0. The Bertz CT molecular complexity index is 349. The lowest BCUT2D eigenvalue weighted by Gasteiger charge is -2.12. The normalized spacial score (nSPS) is 25.5. The van der Waals surface area contributed by atoms with Crippen molar-refractivity contribution in [2.24, 2.45) is 0 Å². The summed E-state index contributed by atoms with van der Waals surface area (Å²) in [5.74, 6) is 0.611. The Morgan fingerprint density at radius 3 is 2.25 bits per heavy atom. The first-order valence-corrected chi connectivity index (χ1v) is 6.33. The van der Waals surface area contributed by atoms with E-state index in [9.17, 15) is 0 Å². The van der Waals surface area contributed by atoms with Crippen molar-refractivity contribution in [3.63, 3.8) is 0 Å². The van der Waals surface area contributed by atoms with E-state index in [4.69, 9.17) is 4.74 Å². The molecule has 3 atom stereocenters. The van der Waals surface area contributed by atoms with E-state index < -0.39 is 0 Å². The highest BCUT2D eigenvalue weighted by Gasteiger charge is 2.37. The van der Waals surface area contributed by atoms with E-state index in [1.54, 1.807) is 0 Å². The molecule has 0 amide bonds. The lowest BCUT2D eigenvalue weighted by Crippen LogP contribution is -2.01. The Morgan fingerprint density at radius 2 is 1.75 bits per heavy atom. The number of hydrogen-bond donors (Lipinski definition) is 0. The van der Waals surface area contributed by atoms with Gasteiger partial charge in [-0.15, -0.1) is 0 Å². The third-order valence-electron chi connectivity index (χ3n) is 3.49. The van der Waals surface area contributed by atoms with Gasteiger partial charge in [0.1, 0.15) is 0 Å². The SMILES string of the molecule is CCC1OC1CC(C)c1cc(C)cc(C)c1. The molecule has 0 spiro atoms. The van der Waals surface area contributed by atoms with E-state index >= 15 is 0 Å². The largest absolute Gasteiger partial charge is 0.370 e. The first kappa shape index (κ1) is 11.7. The van der Waals surface area contributed by atoms with Crippen LogP contribution in [-0.4, -0.2) is 12.2 Å². The van der Waals surface area contributed by atoms with Crippen LogP contribution in [0.15, 0.2) is 18.2 Å². The van der Waals surface area contributed by atoms with Gasteiger partial charge in [0.2, 0.25) is 0 Å². The fraction of sp³-hybridized carbons (Fsp3) is 0.600. The molecule has 1 aromatic carbocycles. The van der Waals surface area contributed by atoms with Crippen LogP contribution in [0, 0.1) is 13.8 Å². The minimum Gasteiger partial charge on any atom is -0.370 e. The van der Waals surface area contributed by atoms with Gasteiger partial charge < -0.3 is 4.74 Å². The summed E-state index contributed by atoms with van der Waals surface area (Å²) in [5, 5.41) is 0. The highest BCUT2D eigenvalue weighted by molar-refractivity contribution is 5.30. The summed E-state index contributed by atoms with van der Waals surface area (Å²) in [6.45, 7) is 8.85. The van der Waals surface area contributed by atoms with Gasteiger partial charge in [-0.25, -0.2) is 0 Å². The smallest absolute Gasteiger partial charge is 0.0847 e. The van der Waals surface area contributed by atoms with E-state index in [1.807, 2.05) is 0 Å². The zero-order valence-electron chi connectivity index (χ0n) is 10.8. The summed E-state index contributed by atoms with van der Waals surface area (Å²) in [6, 6.07) is 6.85. The molecular weight excluding hydrogens is 196 g/mol. The predicted molar refractivity (Wildman–Crippen MR) is 67.9 cm³/mol. The molecule has 88 valence electrons. The van der Waals surface area contributed by atoms with Gasteiger partial charge in [0, 0.05) is 0 Å². The van der Waals surface area contributed by atoms with Crippen LogP contribution in [0.1, 0.15) is 49.3 Å². The van der Waals surface area contributed by atoms with Crippen molar-refractivity contribution in [1.82, 2.24) is 0 Å². The first-order chi connectivity index (χ1) is 7.60. The summed E-state index contributed by atoms with van der Waals surface area (Å²) in [4.78, 5) is 0. The summed E-state index contributed by atoms with van der Waals surface area (Å²) in [7, 11) is 0. The first-order valence-electron chi connectivity index (χ1n) is 6.33. The second kappa shape index (κ2) is 4.58. The standard InChI is InChI=1S/C15H22O/c1-5-14-15(16-14)9-12(4)13-7-10(2)6-11(3)8-13/h6-8,12,14-15H,5,9H2,1-4H3. The average molecular weight is 218 g/mol. The third-order valence-corrected chi connectivity index (χ3v) is 3.49. The van der Waals surface area contributed by atoms with Gasteiger partial charge in [-0.3, -0.25) is 0 Å². The molecule has 1 aromatic rings. The Balaban J connectivity index is 2.00. The number of ether oxygens (including phenoxy) is 1. The molecule has 0 aromatic heterocycles. The molecule has 2 rings (SSSR count). The molecule has 3 unspecified atom stereocenters. The highest BCUT2D eigenvalue weighted by Crippen LogP contribution is 2.34. The zero-order valence-corrected chi connectivity index (χ0v) is 10.8. The van der Waals surface area contributed by atoms with Crippen molar-refractivity contribution in [2.75, 3.05) is 0 Å². The van der Waals surface area contributed by atoms with Crippen molar-refractivity contribution >= 4 is 0 Å². The lowest BCUT2D eigenvalue weighted by molar-refractivity contribution is 0.353. The van der Waals surface area contributed by atoms with Crippen LogP contribution in [0.2, 0.25) is 0 Å². The molecule has 1 aliphatic heterocycles. The summed E-state index contributed by atoms with van der Waals surface area (Å²) in [5.41, 5.74) is 4.19. The van der Waals surface area contributed by atoms with Crippen LogP contribution < -0.4 is 0 Å². The monoisotopic (exact) mass is 218 g/mol. The Kier molecular flexibility index (Phi) is 3.34. The molecular formula is C15H22O. The van der Waals surface area contributed by atoms with Crippen molar-refractivity contribution in [2.45, 2.75) is 58.7 Å². The summed E-state index contributed by atoms with van der Waals surface area (Å²) in [6.07, 6.45) is 3.38. The van der Waals surface area contributed by atoms with Crippen molar-refractivity contribution in [1.29, 1.82) is 0 Å². The molecule has 0 bridgehead atoms. The predicted octanol–water partition coefficient (Wildman–Crippen LogP) is 3.97. The maximum Gasteiger partial charge on any atom is 0.0847 e. The van der Waals surface area contributed by atoms with E-state index in [0.717, 1.165) is 6.42 Å². The molecule has 16 heavy (non-hydrogen) atoms. The van der Waals surface area contributed by atoms with Gasteiger partial charge in [0.15, 0.2) is 0 Å². The average Bonchev–Trinajstić information content (AvgIpc) is 2.95. The second-order valence-corrected chi connectivity index (χ2v) is 5.18. The van der Waals surface area contributed by atoms with E-state index in [2.05, 4.69) is 45.9 Å². The second-order valence-electron chi connectivity index (χ2n) is 5.18. The van der Waals surface area contributed by atoms with Gasteiger partial charge >= 0.3 is 0 Å². The molecule has 1 heteroatoms. The van der Waals surface area contributed by atoms with Gasteiger partial charge in [-0.05, 0) is 38.2 Å². The van der Waals surface area contributed by atoms with E-state index in [1.165, 1.54) is 23.1 Å².